The molecule has 6 aromatic heterocycles. The Labute approximate surface area is 580 Å². The van der Waals surface area contributed by atoms with Crippen molar-refractivity contribution in [2.75, 3.05) is 75.6 Å². The summed E-state index contributed by atoms with van der Waals surface area (Å²) in [6.45, 7) is 1.33. The molecule has 6 aromatic rings. The fourth-order valence-electron chi connectivity index (χ4n) is 13.6. The van der Waals surface area contributed by atoms with E-state index >= 15 is 0 Å². The highest BCUT2D eigenvalue weighted by Crippen LogP contribution is 2.41. The second-order valence-electron chi connectivity index (χ2n) is 24.3. The van der Waals surface area contributed by atoms with E-state index in [1.54, 1.807) is 131 Å². The molecule has 0 radical (unpaired) electrons. The van der Waals surface area contributed by atoms with Crippen molar-refractivity contribution in [2.45, 2.75) is 81.2 Å². The van der Waals surface area contributed by atoms with Crippen LogP contribution in [0.2, 0.25) is 0 Å². The number of carbonyl (C=O) groups is 9. The molecule has 12 heterocycles. The van der Waals surface area contributed by atoms with Crippen molar-refractivity contribution in [3.05, 3.63) is 181 Å². The summed E-state index contributed by atoms with van der Waals surface area (Å²) in [5.41, 5.74) is 5.40. The molecule has 12 rings (SSSR count). The average Bonchev–Trinajstić information content (AvgIpc) is 1.68. The molecule has 0 spiro atoms. The Kier molecular flexibility index (Phi) is 28.1. The van der Waals surface area contributed by atoms with E-state index in [9.17, 15) is 43.2 Å². The number of aliphatic hydroxyl groups is 1. The monoisotopic (exact) mass is 1370 g/mol. The van der Waals surface area contributed by atoms with Gasteiger partial charge in [-0.3, -0.25) is 83.3 Å². The lowest BCUT2D eigenvalue weighted by molar-refractivity contribution is -0.192. The number of ether oxygens (including phenoxy) is 2. The maximum Gasteiger partial charge on any atom is 0.373 e. The fraction of sp³-hybridized carbons (Fsp3) is 0.408. The van der Waals surface area contributed by atoms with Gasteiger partial charge < -0.3 is 49.7 Å². The molecule has 526 valence electrons. The van der Waals surface area contributed by atoms with E-state index in [0.29, 0.717) is 18.4 Å². The van der Waals surface area contributed by atoms with Crippen LogP contribution in [0.1, 0.15) is 116 Å². The molecule has 0 aromatic carbocycles. The first-order valence-corrected chi connectivity index (χ1v) is 32.2. The van der Waals surface area contributed by atoms with Gasteiger partial charge in [0.05, 0.1) is 60.6 Å². The first-order chi connectivity index (χ1) is 48.7. The third kappa shape index (κ3) is 19.2. The molecule has 0 bridgehead atoms. The molecule has 11 unspecified atom stereocenters. The zero-order chi connectivity index (χ0) is 73.1. The first-order valence-electron chi connectivity index (χ1n) is 32.7. The van der Waals surface area contributed by atoms with Gasteiger partial charge in [0.2, 0.25) is 41.4 Å². The van der Waals surface area contributed by atoms with Gasteiger partial charge in [0.1, 0.15) is 1.37 Å². The van der Waals surface area contributed by atoms with Gasteiger partial charge in [-0.1, -0.05) is 36.4 Å². The zero-order valence-electron chi connectivity index (χ0n) is 57.4. The second kappa shape index (κ2) is 37.6. The smallest absolute Gasteiger partial charge is 0.373 e. The van der Waals surface area contributed by atoms with Gasteiger partial charge in [0.25, 0.3) is 0 Å². The first kappa shape index (κ1) is 74.7. The summed E-state index contributed by atoms with van der Waals surface area (Å²) in [7, 11) is 10.6. The summed E-state index contributed by atoms with van der Waals surface area (Å²) in [5, 5.41) is 17.0. The number of aliphatic hydroxyl groups excluding tert-OH is 1. The SMILES string of the molecule is CN1C(=O)CC(C(=O)NCOC(=O)C2CC(=O)N(C)C2c2cccnc2)C1c1cccnc1.CN1C(=O)CC(C(=O)NCOC(=O)C2CC(=O)N(C)C2c2cccnc2)C1c1cccnc1.CN1C(=O)CCC1c1cccnc1.CN1CCC(CNCO)C1c1cccnc1.O=C=O.[2H]C#C. The van der Waals surface area contributed by atoms with Crippen LogP contribution in [0.15, 0.2) is 147 Å². The van der Waals surface area contributed by atoms with Crippen LogP contribution in [-0.2, 0) is 62.2 Å². The number of esters is 2. The van der Waals surface area contributed by atoms with E-state index in [1.165, 1.54) is 38.0 Å². The summed E-state index contributed by atoms with van der Waals surface area (Å²) in [6.07, 6.45) is 29.2. The van der Waals surface area contributed by atoms with Gasteiger partial charge in [-0.25, -0.2) is 0 Å². The Balaban J connectivity index is 0.000000195. The van der Waals surface area contributed by atoms with Crippen molar-refractivity contribution in [3.8, 4) is 12.8 Å². The number of terminal acetylenes is 1. The molecule has 29 heteroatoms. The van der Waals surface area contributed by atoms with E-state index < -0.39 is 71.6 Å². The highest BCUT2D eigenvalue weighted by molar-refractivity contribution is 5.92. The molecule has 4 N–H and O–H groups in total. The van der Waals surface area contributed by atoms with E-state index in [1.807, 2.05) is 49.8 Å². The minimum Gasteiger partial charge on any atom is -0.444 e. The molecular weight excluding hydrogens is 1290 g/mol. The van der Waals surface area contributed by atoms with Crippen LogP contribution in [0, 0.1) is 42.4 Å². The normalized spacial score (nSPS) is 23.6. The fourth-order valence-corrected chi connectivity index (χ4v) is 13.6. The number of nitrogens with zero attached hydrogens (tertiary/aromatic N) is 12. The van der Waals surface area contributed by atoms with Gasteiger partial charge in [0.15, 0.2) is 13.5 Å². The number of likely N-dealkylation sites (tertiary alicyclic amines) is 6. The largest absolute Gasteiger partial charge is 0.444 e. The van der Waals surface area contributed by atoms with Crippen molar-refractivity contribution < 1.29 is 68.7 Å². The molecular formula is C71H83N15O14. The van der Waals surface area contributed by atoms with Crippen LogP contribution in [0.5, 0.6) is 0 Å². The summed E-state index contributed by atoms with van der Waals surface area (Å²) >= 11 is 0. The molecule has 6 aliphatic rings. The topological polar surface area (TPSA) is 359 Å². The van der Waals surface area contributed by atoms with Crippen LogP contribution in [0.3, 0.4) is 0 Å². The molecule has 6 fully saturated rings. The number of hydrogen-bond donors (Lipinski definition) is 4. The molecule has 29 nitrogen and oxygen atoms in total. The van der Waals surface area contributed by atoms with E-state index in [-0.39, 0.29) is 87.6 Å². The van der Waals surface area contributed by atoms with Crippen LogP contribution >= 0.6 is 0 Å². The van der Waals surface area contributed by atoms with Gasteiger partial charge in [0, 0.05) is 154 Å². The number of hydrogen-bond acceptors (Lipinski definition) is 22. The molecule has 100 heavy (non-hydrogen) atoms. The number of pyridine rings is 6. The summed E-state index contributed by atoms with van der Waals surface area (Å²) < 4.78 is 16.4. The van der Waals surface area contributed by atoms with Gasteiger partial charge in [-0.05, 0) is 102 Å². The van der Waals surface area contributed by atoms with Crippen molar-refractivity contribution in [2.24, 2.45) is 29.6 Å². The number of amides is 7. The third-order valence-corrected chi connectivity index (χ3v) is 18.5. The van der Waals surface area contributed by atoms with Gasteiger partial charge >= 0.3 is 18.1 Å². The van der Waals surface area contributed by atoms with Crippen molar-refractivity contribution >= 4 is 59.4 Å². The van der Waals surface area contributed by atoms with Crippen LogP contribution in [-0.4, -0.2) is 199 Å². The number of carbonyl (C=O) groups excluding carboxylic acids is 11. The number of nitrogens with one attached hydrogen (secondary N) is 3. The molecule has 7 amide bonds. The van der Waals surface area contributed by atoms with Crippen molar-refractivity contribution in [3.63, 3.8) is 0 Å². The lowest BCUT2D eigenvalue weighted by Gasteiger charge is -2.25. The highest BCUT2D eigenvalue weighted by Gasteiger charge is 2.47. The maximum absolute atomic E-state index is 12.8. The van der Waals surface area contributed by atoms with Gasteiger partial charge in [-0.2, -0.15) is 9.59 Å². The Morgan fingerprint density at radius 3 is 1.11 bits per heavy atom. The van der Waals surface area contributed by atoms with Crippen LogP contribution in [0.25, 0.3) is 0 Å². The predicted molar refractivity (Wildman–Crippen MR) is 356 cm³/mol. The van der Waals surface area contributed by atoms with Crippen LogP contribution in [0.4, 0.5) is 0 Å². The standard InChI is InChI=1S/2C23H25N5O5.C12H19N3O.C10H12N2O.C2H2.CO2/c2*1-27-18(29)9-16(20(27)14-5-3-7-24-11-14)22(31)26-13-33-23(32)17-10-19(30)28(2)21(17)15-6-4-8-25-12-15;1-15-6-4-11(8-14-9-16)12(15)10-3-2-5-13-7-10;1-12-9(4-5-10(12)13)8-3-2-6-11-7-8;1-2;2-1-3/h2*3-8,11-12,16-17,20-21H,9-10,13H2,1-2H3,(H,26,31);2-3,5,7,11-12,14,16H,4,6,8-9H2,1H3;2-3,6-7,9H,4-5H2,1H3;1-2H;/i;;;;1D;. The number of rotatable bonds is 17. The highest BCUT2D eigenvalue weighted by atomic mass is 16.5. The minimum atomic E-state index is -0.703. The summed E-state index contributed by atoms with van der Waals surface area (Å²) in [6, 6.07) is 21.1. The maximum atomic E-state index is 12.8. The molecule has 0 aliphatic carbocycles. The molecule has 6 aliphatic heterocycles. The lowest BCUT2D eigenvalue weighted by Crippen LogP contribution is -2.37. The Morgan fingerprint density at radius 2 is 0.810 bits per heavy atom. The summed E-state index contributed by atoms with van der Waals surface area (Å²) in [5.74, 6) is -4.44. The Bertz CT molecular complexity index is 3480. The van der Waals surface area contributed by atoms with Crippen LogP contribution < -0.4 is 16.0 Å². The van der Waals surface area contributed by atoms with Gasteiger partial charge in [-0.15, -0.1) is 12.8 Å². The minimum absolute atomic E-state index is 0.0217. The third-order valence-electron chi connectivity index (χ3n) is 18.5. The zero-order valence-corrected chi connectivity index (χ0v) is 56.4. The Morgan fingerprint density at radius 1 is 0.500 bits per heavy atom. The van der Waals surface area contributed by atoms with E-state index in [4.69, 9.17) is 25.5 Å². The molecule has 11 atom stereocenters. The predicted octanol–water partition coefficient (Wildman–Crippen LogP) is 3.32. The number of aromatic nitrogens is 6. The average molecular weight is 1370 g/mol. The van der Waals surface area contributed by atoms with Crippen molar-refractivity contribution in [1.82, 2.24) is 75.3 Å². The summed E-state index contributed by atoms with van der Waals surface area (Å²) in [4.78, 5) is 163. The molecule has 0 saturated carbocycles. The Hall–Kier alpha value is -11.1. The lowest BCUT2D eigenvalue weighted by atomic mass is 9.94. The second-order valence-corrected chi connectivity index (χ2v) is 24.3. The van der Waals surface area contributed by atoms with Crippen molar-refractivity contribution in [1.29, 1.82) is 0 Å². The quantitative estimate of drug-likeness (QED) is 0.0578. The van der Waals surface area contributed by atoms with E-state index in [2.05, 4.69) is 70.3 Å². The van der Waals surface area contributed by atoms with E-state index in [0.717, 1.165) is 47.3 Å². The molecule has 6 saturated heterocycles.